The first-order valence-corrected chi connectivity index (χ1v) is 6.78. The minimum absolute atomic E-state index is 0.0264. The van der Waals surface area contributed by atoms with Gasteiger partial charge in [-0.15, -0.1) is 0 Å². The van der Waals surface area contributed by atoms with Crippen molar-refractivity contribution in [1.82, 2.24) is 4.90 Å². The van der Waals surface area contributed by atoms with Gasteiger partial charge in [-0.05, 0) is 30.2 Å². The van der Waals surface area contributed by atoms with E-state index in [1.807, 2.05) is 6.92 Å². The maximum atomic E-state index is 13.6. The van der Waals surface area contributed by atoms with Gasteiger partial charge in [0.1, 0.15) is 0 Å². The predicted octanol–water partition coefficient (Wildman–Crippen LogP) is 2.17. The molecule has 0 saturated heterocycles. The van der Waals surface area contributed by atoms with Crippen LogP contribution < -0.4 is 10.5 Å². The van der Waals surface area contributed by atoms with Crippen LogP contribution in [0.25, 0.3) is 0 Å². The molecule has 0 aliphatic heterocycles. The molecule has 0 aliphatic rings. The van der Waals surface area contributed by atoms with Gasteiger partial charge in [-0.2, -0.15) is 0 Å². The molecule has 1 unspecified atom stereocenters. The number of benzene rings is 1. The van der Waals surface area contributed by atoms with Crippen LogP contribution in [-0.2, 0) is 11.3 Å². The van der Waals surface area contributed by atoms with Crippen LogP contribution in [0.4, 0.5) is 4.39 Å². The molecule has 0 radical (unpaired) electrons. The average molecular weight is 282 g/mol. The highest BCUT2D eigenvalue weighted by molar-refractivity contribution is 5.76. The minimum atomic E-state index is -0.417. The summed E-state index contributed by atoms with van der Waals surface area (Å²) >= 11 is 0. The Balaban J connectivity index is 2.63. The molecule has 0 bridgehead atoms. The molecule has 112 valence electrons. The molecular formula is C15H23FN2O2. The third-order valence-electron chi connectivity index (χ3n) is 3.44. The second-order valence-electron chi connectivity index (χ2n) is 4.93. The van der Waals surface area contributed by atoms with Crippen molar-refractivity contribution in [3.8, 4) is 5.75 Å². The zero-order valence-corrected chi connectivity index (χ0v) is 12.4. The van der Waals surface area contributed by atoms with E-state index < -0.39 is 5.82 Å². The monoisotopic (exact) mass is 282 g/mol. The summed E-state index contributed by atoms with van der Waals surface area (Å²) in [5.41, 5.74) is 6.34. The van der Waals surface area contributed by atoms with Gasteiger partial charge >= 0.3 is 0 Å². The summed E-state index contributed by atoms with van der Waals surface area (Å²) < 4.78 is 18.4. The highest BCUT2D eigenvalue weighted by atomic mass is 19.1. The lowest BCUT2D eigenvalue weighted by Crippen LogP contribution is -2.29. The predicted molar refractivity (Wildman–Crippen MR) is 76.9 cm³/mol. The Labute approximate surface area is 119 Å². The van der Waals surface area contributed by atoms with E-state index in [9.17, 15) is 9.18 Å². The highest BCUT2D eigenvalue weighted by Gasteiger charge is 2.15. The van der Waals surface area contributed by atoms with Crippen LogP contribution in [0.1, 0.15) is 25.3 Å². The molecule has 4 nitrogen and oxygen atoms in total. The number of nitrogens with zero attached hydrogens (tertiary/aromatic N) is 1. The number of ether oxygens (including phenoxy) is 1. The van der Waals surface area contributed by atoms with E-state index >= 15 is 0 Å². The summed E-state index contributed by atoms with van der Waals surface area (Å²) in [7, 11) is 3.14. The van der Waals surface area contributed by atoms with Crippen molar-refractivity contribution in [2.75, 3.05) is 20.7 Å². The molecule has 20 heavy (non-hydrogen) atoms. The number of hydrogen-bond acceptors (Lipinski definition) is 3. The molecule has 1 aromatic carbocycles. The lowest BCUT2D eigenvalue weighted by Gasteiger charge is -2.20. The van der Waals surface area contributed by atoms with Gasteiger partial charge in [0.25, 0.3) is 0 Å². The first-order chi connectivity index (χ1) is 9.51. The fourth-order valence-corrected chi connectivity index (χ4v) is 1.97. The first-order valence-electron chi connectivity index (χ1n) is 6.78. The average Bonchev–Trinajstić information content (AvgIpc) is 2.44. The van der Waals surface area contributed by atoms with Crippen molar-refractivity contribution in [1.29, 1.82) is 0 Å². The fourth-order valence-electron chi connectivity index (χ4n) is 1.97. The minimum Gasteiger partial charge on any atom is -0.494 e. The molecule has 1 amide bonds. The van der Waals surface area contributed by atoms with Gasteiger partial charge in [-0.3, -0.25) is 4.79 Å². The van der Waals surface area contributed by atoms with Crippen LogP contribution in [0.3, 0.4) is 0 Å². The quantitative estimate of drug-likeness (QED) is 0.834. The molecule has 5 heteroatoms. The summed E-state index contributed by atoms with van der Waals surface area (Å²) in [5.74, 6) is 0.0206. The van der Waals surface area contributed by atoms with Gasteiger partial charge in [-0.1, -0.05) is 19.4 Å². The number of carbonyl (C=O) groups excluding carboxylic acids is 1. The van der Waals surface area contributed by atoms with Crippen molar-refractivity contribution >= 4 is 5.91 Å². The number of halogens is 1. The third-order valence-corrected chi connectivity index (χ3v) is 3.44. The molecule has 1 atom stereocenters. The number of rotatable bonds is 7. The largest absolute Gasteiger partial charge is 0.494 e. The van der Waals surface area contributed by atoms with Gasteiger partial charge in [0.05, 0.1) is 7.11 Å². The summed E-state index contributed by atoms with van der Waals surface area (Å²) in [6.45, 7) is 2.90. The smallest absolute Gasteiger partial charge is 0.222 e. The maximum Gasteiger partial charge on any atom is 0.222 e. The fraction of sp³-hybridized carbons (Fsp3) is 0.533. The van der Waals surface area contributed by atoms with Gasteiger partial charge in [0.2, 0.25) is 5.91 Å². The molecule has 0 fully saturated rings. The van der Waals surface area contributed by atoms with E-state index in [0.29, 0.717) is 19.5 Å². The Morgan fingerprint density at radius 3 is 2.70 bits per heavy atom. The number of amides is 1. The Kier molecular flexibility index (Phi) is 6.45. The summed E-state index contributed by atoms with van der Waals surface area (Å²) in [4.78, 5) is 13.6. The second kappa shape index (κ2) is 7.85. The standard InChI is InChI=1S/C15H23FN2O2/c1-4-11(9-17)8-15(19)18(2)10-12-5-6-14(20-3)13(16)7-12/h5-7,11H,4,8-10,17H2,1-3H3. The molecule has 0 heterocycles. The first kappa shape index (κ1) is 16.4. The molecule has 0 aliphatic carbocycles. The van der Waals surface area contributed by atoms with Crippen molar-refractivity contribution in [3.63, 3.8) is 0 Å². The molecule has 1 rings (SSSR count). The van der Waals surface area contributed by atoms with Crippen LogP contribution in [0.5, 0.6) is 5.75 Å². The zero-order chi connectivity index (χ0) is 15.1. The van der Waals surface area contributed by atoms with Crippen molar-refractivity contribution < 1.29 is 13.9 Å². The number of hydrogen-bond donors (Lipinski definition) is 1. The van der Waals surface area contributed by atoms with E-state index in [-0.39, 0.29) is 17.6 Å². The third kappa shape index (κ3) is 4.49. The van der Waals surface area contributed by atoms with E-state index in [1.54, 1.807) is 24.1 Å². The Morgan fingerprint density at radius 1 is 1.50 bits per heavy atom. The van der Waals surface area contributed by atoms with Crippen LogP contribution in [0.2, 0.25) is 0 Å². The summed E-state index contributed by atoms with van der Waals surface area (Å²) in [6, 6.07) is 4.71. The lowest BCUT2D eigenvalue weighted by atomic mass is 10.0. The SMILES string of the molecule is CCC(CN)CC(=O)N(C)Cc1ccc(OC)c(F)c1. The number of nitrogens with two attached hydrogens (primary N) is 1. The van der Waals surface area contributed by atoms with Gasteiger partial charge in [0.15, 0.2) is 11.6 Å². The maximum absolute atomic E-state index is 13.6. The summed E-state index contributed by atoms with van der Waals surface area (Å²) in [6.07, 6.45) is 1.31. The van der Waals surface area contributed by atoms with E-state index in [1.165, 1.54) is 13.2 Å². The van der Waals surface area contributed by atoms with E-state index in [0.717, 1.165) is 12.0 Å². The second-order valence-corrected chi connectivity index (χ2v) is 4.93. The Bertz CT molecular complexity index is 447. The molecule has 1 aromatic rings. The zero-order valence-electron chi connectivity index (χ0n) is 12.4. The van der Waals surface area contributed by atoms with Crippen LogP contribution in [-0.4, -0.2) is 31.5 Å². The molecule has 0 spiro atoms. The highest BCUT2D eigenvalue weighted by Crippen LogP contribution is 2.19. The Morgan fingerprint density at radius 2 is 2.20 bits per heavy atom. The van der Waals surface area contributed by atoms with Crippen LogP contribution in [0, 0.1) is 11.7 Å². The Hall–Kier alpha value is -1.62. The van der Waals surface area contributed by atoms with E-state index in [2.05, 4.69) is 0 Å². The van der Waals surface area contributed by atoms with Gasteiger partial charge < -0.3 is 15.4 Å². The van der Waals surface area contributed by atoms with Crippen molar-refractivity contribution in [2.45, 2.75) is 26.3 Å². The molecule has 0 saturated carbocycles. The topological polar surface area (TPSA) is 55.6 Å². The van der Waals surface area contributed by atoms with Crippen molar-refractivity contribution in [3.05, 3.63) is 29.6 Å². The van der Waals surface area contributed by atoms with Crippen molar-refractivity contribution in [2.24, 2.45) is 11.7 Å². The lowest BCUT2D eigenvalue weighted by molar-refractivity contribution is -0.131. The molecule has 0 aromatic heterocycles. The van der Waals surface area contributed by atoms with E-state index in [4.69, 9.17) is 10.5 Å². The molecule has 2 N–H and O–H groups in total. The molecular weight excluding hydrogens is 259 g/mol. The van der Waals surface area contributed by atoms with Gasteiger partial charge in [-0.25, -0.2) is 4.39 Å². The summed E-state index contributed by atoms with van der Waals surface area (Å²) in [5, 5.41) is 0. The number of carbonyl (C=O) groups is 1. The van der Waals surface area contributed by atoms with Crippen LogP contribution >= 0.6 is 0 Å². The normalized spacial score (nSPS) is 12.1. The number of methoxy groups -OCH3 is 1. The van der Waals surface area contributed by atoms with Crippen LogP contribution in [0.15, 0.2) is 18.2 Å². The van der Waals surface area contributed by atoms with Gasteiger partial charge in [0, 0.05) is 20.0 Å².